The van der Waals surface area contributed by atoms with Crippen molar-refractivity contribution in [3.8, 4) is 11.4 Å². The van der Waals surface area contributed by atoms with Gasteiger partial charge in [-0.05, 0) is 30.3 Å². The van der Waals surface area contributed by atoms with Crippen LogP contribution in [0, 0.1) is 0 Å². The van der Waals surface area contributed by atoms with E-state index >= 15 is 0 Å². The lowest BCUT2D eigenvalue weighted by Crippen LogP contribution is -2.23. The van der Waals surface area contributed by atoms with Crippen molar-refractivity contribution in [1.82, 2.24) is 35.1 Å². The molecule has 0 radical (unpaired) electrons. The predicted octanol–water partition coefficient (Wildman–Crippen LogP) is 3.87. The molecule has 0 aliphatic heterocycles. The van der Waals surface area contributed by atoms with Crippen LogP contribution >= 0.6 is 11.8 Å². The first-order chi connectivity index (χ1) is 17.7. The second-order valence-electron chi connectivity index (χ2n) is 7.99. The third-order valence-corrected chi connectivity index (χ3v) is 6.59. The van der Waals surface area contributed by atoms with Crippen LogP contribution in [0.1, 0.15) is 17.8 Å². The molecule has 182 valence electrons. The van der Waals surface area contributed by atoms with Crippen molar-refractivity contribution in [1.29, 1.82) is 0 Å². The van der Waals surface area contributed by atoms with Crippen LogP contribution in [-0.4, -0.2) is 48.5 Å². The zero-order valence-corrected chi connectivity index (χ0v) is 20.6. The fraction of sp³-hybridized carbons (Fsp3) is 0.192. The van der Waals surface area contributed by atoms with E-state index in [1.165, 1.54) is 11.8 Å². The van der Waals surface area contributed by atoms with Gasteiger partial charge < -0.3 is 10.1 Å². The van der Waals surface area contributed by atoms with E-state index < -0.39 is 0 Å². The predicted molar refractivity (Wildman–Crippen MR) is 138 cm³/mol. The van der Waals surface area contributed by atoms with Gasteiger partial charge in [0.15, 0.2) is 11.0 Å². The second kappa shape index (κ2) is 11.0. The number of para-hydroxylation sites is 3. The minimum absolute atomic E-state index is 0.0338. The maximum Gasteiger partial charge on any atom is 0.221 e. The molecule has 2 aromatic heterocycles. The first-order valence-electron chi connectivity index (χ1n) is 11.5. The minimum atomic E-state index is -0.0338. The Labute approximate surface area is 212 Å². The number of methoxy groups -OCH3 is 1. The molecule has 9 nitrogen and oxygen atoms in total. The molecule has 0 spiro atoms. The maximum atomic E-state index is 12.5. The molecule has 0 saturated carbocycles. The summed E-state index contributed by atoms with van der Waals surface area (Å²) in [4.78, 5) is 12.5. The number of fused-ring (bicyclic) bond motifs is 1. The van der Waals surface area contributed by atoms with Gasteiger partial charge in [-0.2, -0.15) is 0 Å². The molecule has 5 rings (SSSR count). The van der Waals surface area contributed by atoms with Crippen molar-refractivity contribution in [3.05, 3.63) is 90.3 Å². The fourth-order valence-electron chi connectivity index (χ4n) is 3.87. The zero-order chi connectivity index (χ0) is 24.7. The van der Waals surface area contributed by atoms with E-state index in [2.05, 4.69) is 25.8 Å². The summed E-state index contributed by atoms with van der Waals surface area (Å²) in [5.41, 5.74) is 3.65. The van der Waals surface area contributed by atoms with Crippen LogP contribution in [0.3, 0.4) is 0 Å². The number of rotatable bonds is 10. The van der Waals surface area contributed by atoms with E-state index in [0.717, 1.165) is 39.0 Å². The number of amides is 1. The summed E-state index contributed by atoms with van der Waals surface area (Å²) in [7, 11) is 1.62. The topological polar surface area (TPSA) is 99.8 Å². The van der Waals surface area contributed by atoms with E-state index in [0.29, 0.717) is 25.3 Å². The van der Waals surface area contributed by atoms with Gasteiger partial charge in [-0.1, -0.05) is 65.5 Å². The van der Waals surface area contributed by atoms with Crippen LogP contribution in [0.4, 0.5) is 0 Å². The third kappa shape index (κ3) is 5.23. The summed E-state index contributed by atoms with van der Waals surface area (Å²) in [5, 5.41) is 21.1. The standard InChI is InChI=1S/C26H25N7O2S/c1-35-23-14-8-5-9-19(23)17-27-25(34)15-16-36-26-30-29-24(33(26)20-10-3-2-4-11-20)18-32-22-13-7-6-12-21(22)28-31-32/h2-14H,15-18H2,1H3,(H,27,34). The van der Waals surface area contributed by atoms with E-state index in [9.17, 15) is 4.79 Å². The first-order valence-corrected chi connectivity index (χ1v) is 12.5. The number of aromatic nitrogens is 6. The van der Waals surface area contributed by atoms with Crippen molar-refractivity contribution in [2.45, 2.75) is 24.7 Å². The van der Waals surface area contributed by atoms with Crippen LogP contribution < -0.4 is 10.1 Å². The van der Waals surface area contributed by atoms with Crippen molar-refractivity contribution in [2.24, 2.45) is 0 Å². The molecule has 3 aromatic carbocycles. The van der Waals surface area contributed by atoms with Crippen LogP contribution in [0.2, 0.25) is 0 Å². The Bertz CT molecular complexity index is 1470. The summed E-state index contributed by atoms with van der Waals surface area (Å²) < 4.78 is 9.18. The van der Waals surface area contributed by atoms with Gasteiger partial charge in [0.25, 0.3) is 0 Å². The van der Waals surface area contributed by atoms with E-state index in [1.54, 1.807) is 7.11 Å². The Hall–Kier alpha value is -4.18. The number of hydrogen-bond acceptors (Lipinski definition) is 7. The molecule has 0 aliphatic carbocycles. The maximum absolute atomic E-state index is 12.5. The van der Waals surface area contributed by atoms with Gasteiger partial charge in [0, 0.05) is 30.0 Å². The smallest absolute Gasteiger partial charge is 0.221 e. The highest BCUT2D eigenvalue weighted by molar-refractivity contribution is 7.99. The lowest BCUT2D eigenvalue weighted by molar-refractivity contribution is -0.120. The monoisotopic (exact) mass is 499 g/mol. The average molecular weight is 500 g/mol. The summed E-state index contributed by atoms with van der Waals surface area (Å²) in [6.45, 7) is 0.839. The zero-order valence-electron chi connectivity index (χ0n) is 19.7. The molecule has 2 heterocycles. The molecule has 0 aliphatic rings. The number of ether oxygens (including phenoxy) is 1. The lowest BCUT2D eigenvalue weighted by atomic mass is 10.2. The Morgan fingerprint density at radius 2 is 1.72 bits per heavy atom. The molecule has 10 heteroatoms. The van der Waals surface area contributed by atoms with Crippen molar-refractivity contribution >= 4 is 28.7 Å². The van der Waals surface area contributed by atoms with Crippen LogP contribution in [0.5, 0.6) is 5.75 Å². The Kier molecular flexibility index (Phi) is 7.23. The molecule has 0 bridgehead atoms. The third-order valence-electron chi connectivity index (χ3n) is 5.66. The molecule has 0 fully saturated rings. The van der Waals surface area contributed by atoms with Crippen molar-refractivity contribution in [2.75, 3.05) is 12.9 Å². The number of nitrogens with zero attached hydrogens (tertiary/aromatic N) is 6. The summed E-state index contributed by atoms with van der Waals surface area (Å²) in [5.74, 6) is 2.03. The highest BCUT2D eigenvalue weighted by Gasteiger charge is 2.17. The van der Waals surface area contributed by atoms with Gasteiger partial charge in [0.1, 0.15) is 17.8 Å². The number of benzene rings is 3. The van der Waals surface area contributed by atoms with Gasteiger partial charge in [-0.15, -0.1) is 15.3 Å². The second-order valence-corrected chi connectivity index (χ2v) is 9.05. The summed E-state index contributed by atoms with van der Waals surface area (Å²) >= 11 is 1.50. The van der Waals surface area contributed by atoms with Gasteiger partial charge in [0.2, 0.25) is 5.91 Å². The Balaban J connectivity index is 1.27. The molecule has 0 unspecified atom stereocenters. The van der Waals surface area contributed by atoms with Gasteiger partial charge in [-0.3, -0.25) is 9.36 Å². The number of thioether (sulfide) groups is 1. The molecule has 0 atom stereocenters. The fourth-order valence-corrected chi connectivity index (χ4v) is 4.78. The van der Waals surface area contributed by atoms with Crippen LogP contribution in [0.25, 0.3) is 16.7 Å². The molecule has 36 heavy (non-hydrogen) atoms. The number of nitrogens with one attached hydrogen (secondary N) is 1. The number of carbonyl (C=O) groups excluding carboxylic acids is 1. The van der Waals surface area contributed by atoms with Crippen molar-refractivity contribution in [3.63, 3.8) is 0 Å². The number of carbonyl (C=O) groups is 1. The quantitative estimate of drug-likeness (QED) is 0.291. The van der Waals surface area contributed by atoms with Gasteiger partial charge in [0.05, 0.1) is 12.6 Å². The SMILES string of the molecule is COc1ccccc1CNC(=O)CCSc1nnc(Cn2nnc3ccccc32)n1-c1ccccc1. The molecule has 0 saturated heterocycles. The molecular weight excluding hydrogens is 474 g/mol. The van der Waals surface area contributed by atoms with Gasteiger partial charge in [-0.25, -0.2) is 4.68 Å². The molecule has 1 amide bonds. The highest BCUT2D eigenvalue weighted by Crippen LogP contribution is 2.24. The average Bonchev–Trinajstić information content (AvgIpc) is 3.52. The van der Waals surface area contributed by atoms with E-state index in [4.69, 9.17) is 4.74 Å². The first kappa shape index (κ1) is 23.6. The van der Waals surface area contributed by atoms with E-state index in [1.807, 2.05) is 88.1 Å². The Morgan fingerprint density at radius 3 is 2.58 bits per heavy atom. The van der Waals surface area contributed by atoms with Crippen LogP contribution in [0.15, 0.2) is 84.0 Å². The molecule has 1 N–H and O–H groups in total. The minimum Gasteiger partial charge on any atom is -0.496 e. The Morgan fingerprint density at radius 1 is 0.944 bits per heavy atom. The molecular formula is C26H25N7O2S. The van der Waals surface area contributed by atoms with E-state index in [-0.39, 0.29) is 5.91 Å². The molecule has 5 aromatic rings. The highest BCUT2D eigenvalue weighted by atomic mass is 32.2. The summed E-state index contributed by atoms with van der Waals surface area (Å²) in [6, 6.07) is 25.4. The normalized spacial score (nSPS) is 11.0. The summed E-state index contributed by atoms with van der Waals surface area (Å²) in [6.07, 6.45) is 0.352. The largest absolute Gasteiger partial charge is 0.496 e. The van der Waals surface area contributed by atoms with Crippen LogP contribution in [-0.2, 0) is 17.9 Å². The van der Waals surface area contributed by atoms with Crippen molar-refractivity contribution < 1.29 is 9.53 Å². The lowest BCUT2D eigenvalue weighted by Gasteiger charge is -2.11. The van der Waals surface area contributed by atoms with Gasteiger partial charge >= 0.3 is 0 Å². The number of hydrogen-bond donors (Lipinski definition) is 1.